The van der Waals surface area contributed by atoms with Crippen LogP contribution in [-0.4, -0.2) is 26.5 Å². The molecule has 0 aliphatic heterocycles. The van der Waals surface area contributed by atoms with Crippen LogP contribution < -0.4 is 16.4 Å². The number of hydrogen-bond acceptors (Lipinski definition) is 6. The molecule has 0 saturated heterocycles. The van der Waals surface area contributed by atoms with E-state index >= 15 is 0 Å². The fourth-order valence-electron chi connectivity index (χ4n) is 3.25. The van der Waals surface area contributed by atoms with Gasteiger partial charge in [0.15, 0.2) is 5.69 Å². The Morgan fingerprint density at radius 3 is 2.12 bits per heavy atom. The van der Waals surface area contributed by atoms with E-state index in [4.69, 9.17) is 0 Å². The van der Waals surface area contributed by atoms with Crippen molar-refractivity contribution in [2.45, 2.75) is 6.54 Å². The highest BCUT2D eigenvalue weighted by Gasteiger charge is 2.18. The highest BCUT2D eigenvalue weighted by Crippen LogP contribution is 2.14. The van der Waals surface area contributed by atoms with Crippen LogP contribution in [0.5, 0.6) is 0 Å². The summed E-state index contributed by atoms with van der Waals surface area (Å²) in [5.41, 5.74) is 4.95. The molecule has 3 aromatic carbocycles. The van der Waals surface area contributed by atoms with E-state index in [1.54, 1.807) is 24.3 Å². The molecule has 10 heteroatoms. The van der Waals surface area contributed by atoms with Crippen LogP contribution in [0.3, 0.4) is 0 Å². The number of carbonyl (C=O) groups is 2. The van der Waals surface area contributed by atoms with E-state index < -0.39 is 16.7 Å². The zero-order valence-electron chi connectivity index (χ0n) is 17.1. The second-order valence-electron chi connectivity index (χ2n) is 7.05. The molecular formula is C23H17N5O5. The standard InChI is InChI=1S/C23H17N5O5/c29-21(16-10-12-17(13-11-16)28(32)33)24-25-22(30)20-18-8-4-5-9-19(18)23(31)27(26-20)14-15-6-2-1-3-7-15/h1-13H,14H2,(H,24,29)(H,25,30). The summed E-state index contributed by atoms with van der Waals surface area (Å²) < 4.78 is 1.20. The Balaban J connectivity index is 1.59. The molecule has 0 saturated carbocycles. The molecule has 0 spiro atoms. The van der Waals surface area contributed by atoms with Gasteiger partial charge in [-0.2, -0.15) is 5.10 Å². The van der Waals surface area contributed by atoms with Crippen LogP contribution in [0.4, 0.5) is 5.69 Å². The van der Waals surface area contributed by atoms with E-state index in [-0.39, 0.29) is 29.0 Å². The zero-order valence-corrected chi connectivity index (χ0v) is 17.1. The number of amides is 2. The van der Waals surface area contributed by atoms with Gasteiger partial charge in [-0.05, 0) is 23.8 Å². The normalized spacial score (nSPS) is 10.5. The monoisotopic (exact) mass is 443 g/mol. The summed E-state index contributed by atoms with van der Waals surface area (Å²) in [6.45, 7) is 0.167. The lowest BCUT2D eigenvalue weighted by molar-refractivity contribution is -0.384. The Bertz CT molecular complexity index is 1420. The van der Waals surface area contributed by atoms with Crippen molar-refractivity contribution < 1.29 is 14.5 Å². The van der Waals surface area contributed by atoms with Crippen molar-refractivity contribution in [2.75, 3.05) is 0 Å². The maximum atomic E-state index is 12.9. The number of non-ortho nitro benzene ring substituents is 1. The first kappa shape index (κ1) is 21.4. The van der Waals surface area contributed by atoms with E-state index in [1.807, 2.05) is 30.3 Å². The molecule has 2 amide bonds. The third kappa shape index (κ3) is 4.59. The molecule has 0 fully saturated rings. The molecule has 0 atom stereocenters. The predicted octanol–water partition coefficient (Wildman–Crippen LogP) is 2.43. The SMILES string of the molecule is O=C(NNC(=O)c1nn(Cc2ccccc2)c(=O)c2ccccc12)c1ccc([N+](=O)[O-])cc1. The maximum absolute atomic E-state index is 12.9. The van der Waals surface area contributed by atoms with Crippen molar-refractivity contribution >= 4 is 28.3 Å². The number of hydrogen-bond donors (Lipinski definition) is 2. The number of nitrogens with zero attached hydrogens (tertiary/aromatic N) is 3. The van der Waals surface area contributed by atoms with Gasteiger partial charge in [0.2, 0.25) is 0 Å². The maximum Gasteiger partial charge on any atom is 0.290 e. The highest BCUT2D eigenvalue weighted by molar-refractivity contribution is 6.06. The van der Waals surface area contributed by atoms with E-state index in [9.17, 15) is 24.5 Å². The van der Waals surface area contributed by atoms with Gasteiger partial charge in [-0.25, -0.2) is 4.68 Å². The van der Waals surface area contributed by atoms with Crippen LogP contribution in [0.2, 0.25) is 0 Å². The lowest BCUT2D eigenvalue weighted by atomic mass is 10.1. The van der Waals surface area contributed by atoms with Crippen molar-refractivity contribution in [3.05, 3.63) is 116 Å². The summed E-state index contributed by atoms with van der Waals surface area (Å²) in [5.74, 6) is -1.39. The van der Waals surface area contributed by atoms with E-state index in [1.165, 1.54) is 28.9 Å². The lowest BCUT2D eigenvalue weighted by Crippen LogP contribution is -2.42. The molecule has 164 valence electrons. The first-order valence-corrected chi connectivity index (χ1v) is 9.83. The summed E-state index contributed by atoms with van der Waals surface area (Å²) >= 11 is 0. The van der Waals surface area contributed by atoms with E-state index in [0.29, 0.717) is 10.8 Å². The fourth-order valence-corrected chi connectivity index (χ4v) is 3.25. The summed E-state index contributed by atoms with van der Waals surface area (Å²) in [4.78, 5) is 48.2. The van der Waals surface area contributed by atoms with Gasteiger partial charge >= 0.3 is 0 Å². The van der Waals surface area contributed by atoms with Crippen molar-refractivity contribution in [2.24, 2.45) is 0 Å². The predicted molar refractivity (Wildman–Crippen MR) is 120 cm³/mol. The minimum atomic E-state index is -0.719. The largest absolute Gasteiger partial charge is 0.290 e. The fraction of sp³-hybridized carbons (Fsp3) is 0.0435. The number of hydrazine groups is 1. The third-order valence-electron chi connectivity index (χ3n) is 4.89. The molecular weight excluding hydrogens is 426 g/mol. The van der Waals surface area contributed by atoms with E-state index in [2.05, 4.69) is 16.0 Å². The molecule has 0 aliphatic rings. The molecule has 1 heterocycles. The quantitative estimate of drug-likeness (QED) is 0.359. The number of nitro benzene ring substituents is 1. The molecule has 4 aromatic rings. The second kappa shape index (κ2) is 9.10. The molecule has 4 rings (SSSR count). The smallest absolute Gasteiger partial charge is 0.267 e. The van der Waals surface area contributed by atoms with Crippen LogP contribution in [0, 0.1) is 10.1 Å². The van der Waals surface area contributed by atoms with Crippen LogP contribution in [0.15, 0.2) is 83.7 Å². The summed E-state index contributed by atoms with van der Waals surface area (Å²) in [6, 6.07) is 20.7. The first-order chi connectivity index (χ1) is 15.9. The van der Waals surface area contributed by atoms with Gasteiger partial charge in [0.25, 0.3) is 23.1 Å². The Kier molecular flexibility index (Phi) is 5.90. The van der Waals surface area contributed by atoms with Gasteiger partial charge in [0, 0.05) is 23.1 Å². The van der Waals surface area contributed by atoms with Gasteiger partial charge in [-0.1, -0.05) is 48.5 Å². The molecule has 1 aromatic heterocycles. The molecule has 0 radical (unpaired) electrons. The number of benzene rings is 3. The highest BCUT2D eigenvalue weighted by atomic mass is 16.6. The summed E-state index contributed by atoms with van der Waals surface area (Å²) in [7, 11) is 0. The number of rotatable bonds is 5. The molecule has 0 aliphatic carbocycles. The number of aromatic nitrogens is 2. The summed E-state index contributed by atoms with van der Waals surface area (Å²) in [5, 5.41) is 15.6. The van der Waals surface area contributed by atoms with Crippen LogP contribution in [0.25, 0.3) is 10.8 Å². The lowest BCUT2D eigenvalue weighted by Gasteiger charge is -2.12. The van der Waals surface area contributed by atoms with Gasteiger partial charge in [0.05, 0.1) is 16.9 Å². The average Bonchev–Trinajstić information content (AvgIpc) is 2.84. The van der Waals surface area contributed by atoms with Gasteiger partial charge in [0.1, 0.15) is 0 Å². The molecule has 0 unspecified atom stereocenters. The number of fused-ring (bicyclic) bond motifs is 1. The van der Waals surface area contributed by atoms with Crippen molar-refractivity contribution in [1.82, 2.24) is 20.6 Å². The zero-order chi connectivity index (χ0) is 23.4. The summed E-state index contributed by atoms with van der Waals surface area (Å²) in [6.07, 6.45) is 0. The Hall–Kier alpha value is -4.86. The number of nitrogens with one attached hydrogen (secondary N) is 2. The Morgan fingerprint density at radius 1 is 0.848 bits per heavy atom. The van der Waals surface area contributed by atoms with Crippen molar-refractivity contribution in [1.29, 1.82) is 0 Å². The first-order valence-electron chi connectivity index (χ1n) is 9.83. The molecule has 2 N–H and O–H groups in total. The minimum Gasteiger partial charge on any atom is -0.267 e. The van der Waals surface area contributed by atoms with Crippen LogP contribution in [0.1, 0.15) is 26.4 Å². The van der Waals surface area contributed by atoms with Gasteiger partial charge in [-0.3, -0.25) is 35.3 Å². The van der Waals surface area contributed by atoms with Crippen molar-refractivity contribution in [3.63, 3.8) is 0 Å². The van der Waals surface area contributed by atoms with Gasteiger partial charge < -0.3 is 0 Å². The van der Waals surface area contributed by atoms with Crippen molar-refractivity contribution in [3.8, 4) is 0 Å². The average molecular weight is 443 g/mol. The van der Waals surface area contributed by atoms with Gasteiger partial charge in [-0.15, -0.1) is 0 Å². The topological polar surface area (TPSA) is 136 Å². The molecule has 0 bridgehead atoms. The Labute approximate surface area is 186 Å². The van der Waals surface area contributed by atoms with Crippen LogP contribution in [-0.2, 0) is 6.54 Å². The molecule has 10 nitrogen and oxygen atoms in total. The second-order valence-corrected chi connectivity index (χ2v) is 7.05. The van der Waals surface area contributed by atoms with Crippen LogP contribution >= 0.6 is 0 Å². The van der Waals surface area contributed by atoms with E-state index in [0.717, 1.165) is 5.56 Å². The molecule has 33 heavy (non-hydrogen) atoms. The Morgan fingerprint density at radius 2 is 1.45 bits per heavy atom. The third-order valence-corrected chi connectivity index (χ3v) is 4.89. The number of carbonyl (C=O) groups excluding carboxylic acids is 2. The minimum absolute atomic E-state index is 0.0369. The number of nitro groups is 1.